The Morgan fingerprint density at radius 2 is 1.68 bits per heavy atom. The van der Waals surface area contributed by atoms with E-state index in [1.165, 1.54) is 25.3 Å². The van der Waals surface area contributed by atoms with Gasteiger partial charge < -0.3 is 19.7 Å². The summed E-state index contributed by atoms with van der Waals surface area (Å²) in [5.74, 6) is -0.401. The van der Waals surface area contributed by atoms with Gasteiger partial charge in [0.1, 0.15) is 5.75 Å². The Bertz CT molecular complexity index is 702. The van der Waals surface area contributed by atoms with E-state index in [2.05, 4.69) is 0 Å². The molecule has 2 N–H and O–H groups in total. The summed E-state index contributed by atoms with van der Waals surface area (Å²) in [5, 5.41) is 19.5. The fourth-order valence-electron chi connectivity index (χ4n) is 1.94. The van der Waals surface area contributed by atoms with Crippen molar-refractivity contribution in [1.29, 1.82) is 0 Å². The maximum Gasteiger partial charge on any atom is 0.203 e. The predicted octanol–water partition coefficient (Wildman–Crippen LogP) is 3.01. The number of carbonyl (C=O) groups is 1. The first-order chi connectivity index (χ1) is 10.6. The maximum absolute atomic E-state index is 12.1. The molecule has 0 heterocycles. The highest BCUT2D eigenvalue weighted by Crippen LogP contribution is 2.38. The number of phenols is 2. The Balaban J connectivity index is 2.23. The second-order valence-corrected chi connectivity index (χ2v) is 4.48. The average molecular weight is 300 g/mol. The number of methoxy groups -OCH3 is 2. The van der Waals surface area contributed by atoms with Gasteiger partial charge >= 0.3 is 0 Å². The van der Waals surface area contributed by atoms with Crippen LogP contribution in [-0.4, -0.2) is 30.2 Å². The van der Waals surface area contributed by atoms with E-state index in [1.807, 2.05) is 0 Å². The fourth-order valence-corrected chi connectivity index (χ4v) is 1.94. The first-order valence-corrected chi connectivity index (χ1v) is 6.52. The molecule has 2 aromatic carbocycles. The number of ketones is 1. The quantitative estimate of drug-likeness (QED) is 0.655. The molecule has 5 nitrogen and oxygen atoms in total. The Morgan fingerprint density at radius 3 is 2.27 bits per heavy atom. The van der Waals surface area contributed by atoms with Crippen LogP contribution in [0.15, 0.2) is 42.5 Å². The van der Waals surface area contributed by atoms with Gasteiger partial charge in [0.15, 0.2) is 17.3 Å². The smallest absolute Gasteiger partial charge is 0.203 e. The van der Waals surface area contributed by atoms with Crippen LogP contribution in [0.1, 0.15) is 15.9 Å². The van der Waals surface area contributed by atoms with Crippen molar-refractivity contribution in [3.63, 3.8) is 0 Å². The minimum atomic E-state index is -0.397. The van der Waals surface area contributed by atoms with Gasteiger partial charge in [-0.1, -0.05) is 18.2 Å². The van der Waals surface area contributed by atoms with Crippen molar-refractivity contribution in [3.05, 3.63) is 53.6 Å². The van der Waals surface area contributed by atoms with Gasteiger partial charge in [-0.05, 0) is 35.9 Å². The van der Waals surface area contributed by atoms with E-state index in [-0.39, 0.29) is 22.8 Å². The van der Waals surface area contributed by atoms with E-state index >= 15 is 0 Å². The summed E-state index contributed by atoms with van der Waals surface area (Å²) in [5.41, 5.74) is 0.874. The average Bonchev–Trinajstić information content (AvgIpc) is 2.53. The van der Waals surface area contributed by atoms with E-state index in [0.717, 1.165) is 11.3 Å². The van der Waals surface area contributed by atoms with Crippen LogP contribution in [0.3, 0.4) is 0 Å². The number of rotatable bonds is 5. The highest BCUT2D eigenvalue weighted by atomic mass is 16.5. The SMILES string of the molecule is COc1ccc(C=CC(=O)c2ccc(O)c(OC)c2O)cc1. The lowest BCUT2D eigenvalue weighted by Gasteiger charge is -2.08. The minimum Gasteiger partial charge on any atom is -0.504 e. The van der Waals surface area contributed by atoms with Crippen molar-refractivity contribution >= 4 is 11.9 Å². The topological polar surface area (TPSA) is 76.0 Å². The molecule has 0 unspecified atom stereocenters. The molecule has 0 atom stereocenters. The van der Waals surface area contributed by atoms with Gasteiger partial charge in [-0.25, -0.2) is 0 Å². The van der Waals surface area contributed by atoms with Gasteiger partial charge in [-0.15, -0.1) is 0 Å². The minimum absolute atomic E-state index is 0.0550. The van der Waals surface area contributed by atoms with E-state index in [0.29, 0.717) is 0 Å². The molecule has 0 aliphatic carbocycles. The third kappa shape index (κ3) is 3.20. The Labute approximate surface area is 128 Å². The monoisotopic (exact) mass is 300 g/mol. The van der Waals surface area contributed by atoms with E-state index in [1.54, 1.807) is 37.5 Å². The fraction of sp³-hybridized carbons (Fsp3) is 0.118. The number of ether oxygens (including phenoxy) is 2. The zero-order chi connectivity index (χ0) is 16.1. The van der Waals surface area contributed by atoms with Crippen LogP contribution in [0.25, 0.3) is 6.08 Å². The number of carbonyl (C=O) groups excluding carboxylic acids is 1. The van der Waals surface area contributed by atoms with Crippen molar-refractivity contribution in [2.45, 2.75) is 0 Å². The molecule has 0 aromatic heterocycles. The van der Waals surface area contributed by atoms with Gasteiger partial charge in [-0.2, -0.15) is 0 Å². The molecule has 2 rings (SSSR count). The normalized spacial score (nSPS) is 10.6. The Morgan fingerprint density at radius 1 is 1.00 bits per heavy atom. The third-order valence-corrected chi connectivity index (χ3v) is 3.12. The molecule has 5 heteroatoms. The zero-order valence-electron chi connectivity index (χ0n) is 12.2. The second kappa shape index (κ2) is 6.67. The highest BCUT2D eigenvalue weighted by molar-refractivity contribution is 6.09. The molecule has 22 heavy (non-hydrogen) atoms. The van der Waals surface area contributed by atoms with E-state index in [4.69, 9.17) is 9.47 Å². The van der Waals surface area contributed by atoms with Crippen LogP contribution in [0.5, 0.6) is 23.0 Å². The lowest BCUT2D eigenvalue weighted by Crippen LogP contribution is -1.97. The van der Waals surface area contributed by atoms with Crippen molar-refractivity contribution in [2.75, 3.05) is 14.2 Å². The predicted molar refractivity (Wildman–Crippen MR) is 82.7 cm³/mol. The molecule has 0 radical (unpaired) electrons. The number of aromatic hydroxyl groups is 2. The molecule has 0 spiro atoms. The van der Waals surface area contributed by atoms with Crippen molar-refractivity contribution in [3.8, 4) is 23.0 Å². The van der Waals surface area contributed by atoms with Gasteiger partial charge in [-0.3, -0.25) is 4.79 Å². The number of allylic oxidation sites excluding steroid dienone is 1. The summed E-state index contributed by atoms with van der Waals surface area (Å²) in [6.07, 6.45) is 2.97. The van der Waals surface area contributed by atoms with Crippen molar-refractivity contribution < 1.29 is 24.5 Å². The molecule has 114 valence electrons. The van der Waals surface area contributed by atoms with Gasteiger partial charge in [0, 0.05) is 0 Å². The summed E-state index contributed by atoms with van der Waals surface area (Å²) >= 11 is 0. The highest BCUT2D eigenvalue weighted by Gasteiger charge is 2.16. The summed E-state index contributed by atoms with van der Waals surface area (Å²) in [6, 6.07) is 9.82. The molecule has 0 fully saturated rings. The molecule has 0 saturated carbocycles. The van der Waals surface area contributed by atoms with Crippen molar-refractivity contribution in [2.24, 2.45) is 0 Å². The van der Waals surface area contributed by atoms with Crippen LogP contribution in [-0.2, 0) is 0 Å². The molecule has 0 amide bonds. The number of hydrogen-bond donors (Lipinski definition) is 2. The summed E-state index contributed by atoms with van der Waals surface area (Å²) in [7, 11) is 2.88. The molecule has 0 saturated heterocycles. The lowest BCUT2D eigenvalue weighted by molar-refractivity contribution is 0.104. The van der Waals surface area contributed by atoms with E-state index < -0.39 is 5.78 Å². The summed E-state index contributed by atoms with van der Waals surface area (Å²) in [4.78, 5) is 12.1. The number of hydrogen-bond acceptors (Lipinski definition) is 5. The van der Waals surface area contributed by atoms with Crippen LogP contribution >= 0.6 is 0 Å². The van der Waals surface area contributed by atoms with Crippen LogP contribution < -0.4 is 9.47 Å². The molecule has 2 aromatic rings. The van der Waals surface area contributed by atoms with Crippen LogP contribution in [0.4, 0.5) is 0 Å². The van der Waals surface area contributed by atoms with Crippen LogP contribution in [0.2, 0.25) is 0 Å². The number of phenolic OH excluding ortho intramolecular Hbond substituents is 2. The van der Waals surface area contributed by atoms with Gasteiger partial charge in [0.2, 0.25) is 5.75 Å². The Kier molecular flexibility index (Phi) is 4.68. The summed E-state index contributed by atoms with van der Waals surface area (Å²) in [6.45, 7) is 0. The zero-order valence-corrected chi connectivity index (χ0v) is 12.2. The second-order valence-electron chi connectivity index (χ2n) is 4.48. The van der Waals surface area contributed by atoms with Gasteiger partial charge in [0.25, 0.3) is 0 Å². The summed E-state index contributed by atoms with van der Waals surface area (Å²) < 4.78 is 9.92. The van der Waals surface area contributed by atoms with E-state index in [9.17, 15) is 15.0 Å². The first kappa shape index (κ1) is 15.4. The number of benzene rings is 2. The first-order valence-electron chi connectivity index (χ1n) is 6.52. The maximum atomic E-state index is 12.1. The lowest BCUT2D eigenvalue weighted by atomic mass is 10.1. The standard InChI is InChI=1S/C17H16O5/c1-21-12-6-3-11(4-7-12)5-9-14(18)13-8-10-15(19)17(22-2)16(13)20/h3-10,19-20H,1-2H3. The third-order valence-electron chi connectivity index (χ3n) is 3.12. The Hall–Kier alpha value is -2.95. The molecule has 0 aliphatic heterocycles. The van der Waals surface area contributed by atoms with Crippen LogP contribution in [0, 0.1) is 0 Å². The van der Waals surface area contributed by atoms with Crippen molar-refractivity contribution in [1.82, 2.24) is 0 Å². The molecular weight excluding hydrogens is 284 g/mol. The molecular formula is C17H16O5. The molecule has 0 aliphatic rings. The molecule has 0 bridgehead atoms. The van der Waals surface area contributed by atoms with Gasteiger partial charge in [0.05, 0.1) is 19.8 Å². The largest absolute Gasteiger partial charge is 0.504 e.